The van der Waals surface area contributed by atoms with E-state index in [-0.39, 0.29) is 11.9 Å². The van der Waals surface area contributed by atoms with Gasteiger partial charge in [0.05, 0.1) is 6.04 Å². The number of rotatable bonds is 4. The van der Waals surface area contributed by atoms with Crippen LogP contribution >= 0.6 is 11.6 Å². The maximum Gasteiger partial charge on any atom is 0.254 e. The lowest BCUT2D eigenvalue weighted by Crippen LogP contribution is -2.36. The van der Waals surface area contributed by atoms with Gasteiger partial charge in [-0.05, 0) is 60.7 Å². The average molecular weight is 357 g/mol. The van der Waals surface area contributed by atoms with Crippen LogP contribution in [0.4, 0.5) is 5.69 Å². The monoisotopic (exact) mass is 356 g/mol. The van der Waals surface area contributed by atoms with Crippen molar-refractivity contribution in [2.24, 2.45) is 5.92 Å². The van der Waals surface area contributed by atoms with Gasteiger partial charge < -0.3 is 10.6 Å². The van der Waals surface area contributed by atoms with Crippen LogP contribution in [0.1, 0.15) is 54.1 Å². The minimum absolute atomic E-state index is 0.0329. The summed E-state index contributed by atoms with van der Waals surface area (Å²) >= 11 is 6.06. The number of anilines is 1. The highest BCUT2D eigenvalue weighted by Crippen LogP contribution is 2.38. The van der Waals surface area contributed by atoms with Crippen LogP contribution in [0.15, 0.2) is 48.5 Å². The Kier molecular flexibility index (Phi) is 5.64. The number of nitrogens with two attached hydrogens (primary N) is 1. The molecule has 0 aromatic heterocycles. The molecule has 0 radical (unpaired) electrons. The normalized spacial score (nSPS) is 16.4. The zero-order chi connectivity index (χ0) is 17.8. The summed E-state index contributed by atoms with van der Waals surface area (Å²) in [5.74, 6) is 0.517. The molecule has 1 aliphatic carbocycles. The van der Waals surface area contributed by atoms with E-state index in [1.807, 2.05) is 36.2 Å². The van der Waals surface area contributed by atoms with Crippen molar-refractivity contribution < 1.29 is 4.79 Å². The molecule has 1 saturated carbocycles. The number of hydrogen-bond donors (Lipinski definition) is 1. The number of amides is 1. The lowest BCUT2D eigenvalue weighted by molar-refractivity contribution is 0.0638. The Morgan fingerprint density at radius 3 is 2.24 bits per heavy atom. The summed E-state index contributed by atoms with van der Waals surface area (Å²) < 4.78 is 0. The Morgan fingerprint density at radius 2 is 1.64 bits per heavy atom. The van der Waals surface area contributed by atoms with E-state index in [1.165, 1.54) is 19.3 Å². The molecule has 1 amide bonds. The van der Waals surface area contributed by atoms with E-state index in [1.54, 1.807) is 24.3 Å². The summed E-state index contributed by atoms with van der Waals surface area (Å²) in [6.07, 6.45) is 6.08. The topological polar surface area (TPSA) is 46.3 Å². The standard InChI is InChI=1S/C21H25ClN2O/c1-24(21(25)17-9-13-19(23)14-10-17)20(15-5-3-2-4-6-15)16-7-11-18(22)12-8-16/h7-15,20H,2-6,23H2,1H3/t20-/m1/s1. The Labute approximate surface area is 154 Å². The summed E-state index contributed by atoms with van der Waals surface area (Å²) in [5, 5.41) is 0.721. The Hall–Kier alpha value is -2.00. The maximum atomic E-state index is 13.0. The molecule has 0 bridgehead atoms. The minimum Gasteiger partial charge on any atom is -0.399 e. The molecule has 0 aliphatic heterocycles. The number of carbonyl (C=O) groups excluding carboxylic acids is 1. The number of halogens is 1. The minimum atomic E-state index is 0.0329. The summed E-state index contributed by atoms with van der Waals surface area (Å²) in [5.41, 5.74) is 8.24. The second-order valence-electron chi connectivity index (χ2n) is 6.93. The predicted molar refractivity (Wildman–Crippen MR) is 104 cm³/mol. The molecule has 1 aliphatic rings. The number of nitrogens with zero attached hydrogens (tertiary/aromatic N) is 1. The molecular weight excluding hydrogens is 332 g/mol. The molecule has 0 unspecified atom stereocenters. The van der Waals surface area contributed by atoms with Crippen molar-refractivity contribution in [3.63, 3.8) is 0 Å². The van der Waals surface area contributed by atoms with Crippen LogP contribution in [0.5, 0.6) is 0 Å². The molecule has 3 nitrogen and oxygen atoms in total. The predicted octanol–water partition coefficient (Wildman–Crippen LogP) is 5.32. The molecule has 1 atom stereocenters. The number of carbonyl (C=O) groups is 1. The van der Waals surface area contributed by atoms with E-state index in [2.05, 4.69) is 0 Å². The maximum absolute atomic E-state index is 13.0. The molecule has 1 fully saturated rings. The van der Waals surface area contributed by atoms with Crippen molar-refractivity contribution in [2.45, 2.75) is 38.1 Å². The van der Waals surface area contributed by atoms with Crippen LogP contribution in [0.3, 0.4) is 0 Å². The molecule has 2 N–H and O–H groups in total. The quantitative estimate of drug-likeness (QED) is 0.754. The van der Waals surface area contributed by atoms with Crippen LogP contribution in [0, 0.1) is 5.92 Å². The van der Waals surface area contributed by atoms with E-state index in [0.29, 0.717) is 17.2 Å². The van der Waals surface area contributed by atoms with Gasteiger partial charge in [0.2, 0.25) is 0 Å². The van der Waals surface area contributed by atoms with Crippen molar-refractivity contribution in [1.82, 2.24) is 4.90 Å². The zero-order valence-corrected chi connectivity index (χ0v) is 15.4. The first-order chi connectivity index (χ1) is 12.1. The second-order valence-corrected chi connectivity index (χ2v) is 7.37. The Bertz CT molecular complexity index is 706. The first kappa shape index (κ1) is 17.8. The van der Waals surface area contributed by atoms with Crippen molar-refractivity contribution in [1.29, 1.82) is 0 Å². The lowest BCUT2D eigenvalue weighted by Gasteiger charge is -2.37. The van der Waals surface area contributed by atoms with Gasteiger partial charge in [-0.2, -0.15) is 0 Å². The zero-order valence-electron chi connectivity index (χ0n) is 14.6. The largest absolute Gasteiger partial charge is 0.399 e. The second kappa shape index (κ2) is 7.92. The first-order valence-corrected chi connectivity index (χ1v) is 9.32. The van der Waals surface area contributed by atoms with Gasteiger partial charge in [-0.25, -0.2) is 0 Å². The highest BCUT2D eigenvalue weighted by molar-refractivity contribution is 6.30. The third-order valence-electron chi connectivity index (χ3n) is 5.20. The molecule has 25 heavy (non-hydrogen) atoms. The first-order valence-electron chi connectivity index (χ1n) is 8.94. The van der Waals surface area contributed by atoms with E-state index >= 15 is 0 Å². The van der Waals surface area contributed by atoms with Crippen molar-refractivity contribution in [3.05, 3.63) is 64.7 Å². The Balaban J connectivity index is 1.90. The highest BCUT2D eigenvalue weighted by Gasteiger charge is 2.31. The van der Waals surface area contributed by atoms with Gasteiger partial charge in [-0.3, -0.25) is 4.79 Å². The summed E-state index contributed by atoms with van der Waals surface area (Å²) in [7, 11) is 1.91. The fourth-order valence-corrected chi connectivity index (χ4v) is 4.00. The number of hydrogen-bond acceptors (Lipinski definition) is 2. The van der Waals surface area contributed by atoms with Crippen LogP contribution < -0.4 is 5.73 Å². The summed E-state index contributed by atoms with van der Waals surface area (Å²) in [6.45, 7) is 0. The van der Waals surface area contributed by atoms with Crippen LogP contribution in [-0.2, 0) is 0 Å². The van der Waals surface area contributed by atoms with Gasteiger partial charge in [0, 0.05) is 23.3 Å². The van der Waals surface area contributed by atoms with Crippen molar-refractivity contribution in [2.75, 3.05) is 12.8 Å². The van der Waals surface area contributed by atoms with E-state index in [9.17, 15) is 4.79 Å². The Morgan fingerprint density at radius 1 is 1.04 bits per heavy atom. The fraction of sp³-hybridized carbons (Fsp3) is 0.381. The van der Waals surface area contributed by atoms with Crippen molar-refractivity contribution >= 4 is 23.2 Å². The number of nitrogen functional groups attached to an aromatic ring is 1. The van der Waals surface area contributed by atoms with Crippen LogP contribution in [0.25, 0.3) is 0 Å². The lowest BCUT2D eigenvalue weighted by atomic mass is 9.80. The molecule has 3 rings (SSSR count). The molecule has 2 aromatic carbocycles. The molecule has 2 aromatic rings. The molecule has 0 spiro atoms. The van der Waals surface area contributed by atoms with Crippen molar-refractivity contribution in [3.8, 4) is 0 Å². The van der Waals surface area contributed by atoms with Gasteiger partial charge in [0.25, 0.3) is 5.91 Å². The van der Waals surface area contributed by atoms with Gasteiger partial charge >= 0.3 is 0 Å². The number of benzene rings is 2. The van der Waals surface area contributed by atoms with Gasteiger partial charge in [-0.15, -0.1) is 0 Å². The van der Waals surface area contributed by atoms with E-state index in [4.69, 9.17) is 17.3 Å². The molecule has 132 valence electrons. The third-order valence-corrected chi connectivity index (χ3v) is 5.46. The van der Waals surface area contributed by atoms with Crippen LogP contribution in [0.2, 0.25) is 5.02 Å². The SMILES string of the molecule is CN(C(=O)c1ccc(N)cc1)[C@@H](c1ccc(Cl)cc1)C1CCCCC1. The molecule has 4 heteroatoms. The summed E-state index contributed by atoms with van der Waals surface area (Å²) in [6, 6.07) is 15.1. The molecule has 0 saturated heterocycles. The van der Waals surface area contributed by atoms with Gasteiger partial charge in [-0.1, -0.05) is 43.0 Å². The smallest absolute Gasteiger partial charge is 0.254 e. The molecule has 0 heterocycles. The van der Waals surface area contributed by atoms with Gasteiger partial charge in [0.15, 0.2) is 0 Å². The molecular formula is C21H25ClN2O. The average Bonchev–Trinajstić information content (AvgIpc) is 2.64. The third kappa shape index (κ3) is 4.16. The van der Waals surface area contributed by atoms with E-state index < -0.39 is 0 Å². The van der Waals surface area contributed by atoms with Gasteiger partial charge in [0.1, 0.15) is 0 Å². The van der Waals surface area contributed by atoms with Crippen LogP contribution in [-0.4, -0.2) is 17.9 Å². The summed E-state index contributed by atoms with van der Waals surface area (Å²) in [4.78, 5) is 14.9. The fourth-order valence-electron chi connectivity index (χ4n) is 3.88. The highest BCUT2D eigenvalue weighted by atomic mass is 35.5. The van der Waals surface area contributed by atoms with E-state index in [0.717, 1.165) is 23.4 Å².